The molecule has 0 saturated heterocycles. The number of carbonyl (C=O) groups is 2. The lowest BCUT2D eigenvalue weighted by Gasteiger charge is -2.07. The van der Waals surface area contributed by atoms with Gasteiger partial charge in [0.05, 0.1) is 23.3 Å². The Morgan fingerprint density at radius 3 is 2.78 bits per heavy atom. The second-order valence-corrected chi connectivity index (χ2v) is 6.18. The molecule has 2 N–H and O–H groups in total. The molecule has 0 aliphatic heterocycles. The Kier molecular flexibility index (Phi) is 4.20. The second kappa shape index (κ2) is 6.29. The first kappa shape index (κ1) is 15.4. The zero-order chi connectivity index (χ0) is 16.4. The minimum absolute atomic E-state index is 0.0721. The molecule has 6 nitrogen and oxygen atoms in total. The fraction of sp³-hybridized carbons (Fsp3) is 0.250. The molecule has 0 aliphatic carbocycles. The second-order valence-electron chi connectivity index (χ2n) is 5.23. The molecular weight excluding hydrogens is 314 g/mol. The maximum atomic E-state index is 12.2. The molecule has 0 spiro atoms. The summed E-state index contributed by atoms with van der Waals surface area (Å²) in [6.07, 6.45) is 0. The van der Waals surface area contributed by atoms with E-state index in [-0.39, 0.29) is 18.4 Å². The van der Waals surface area contributed by atoms with Crippen molar-refractivity contribution in [3.63, 3.8) is 0 Å². The number of nitrogens with one attached hydrogen (secondary N) is 2. The number of furan rings is 1. The minimum Gasteiger partial charge on any atom is -0.465 e. The van der Waals surface area contributed by atoms with Crippen molar-refractivity contribution in [1.29, 1.82) is 0 Å². The Bertz CT molecular complexity index is 859. The molecule has 23 heavy (non-hydrogen) atoms. The van der Waals surface area contributed by atoms with Crippen molar-refractivity contribution in [2.75, 3.05) is 6.54 Å². The van der Waals surface area contributed by atoms with Crippen LogP contribution < -0.4 is 10.6 Å². The van der Waals surface area contributed by atoms with E-state index in [1.807, 2.05) is 48.2 Å². The summed E-state index contributed by atoms with van der Waals surface area (Å²) in [6.45, 7) is 2.08. The topological polar surface area (TPSA) is 76.3 Å². The number of hydrogen-bond acceptors (Lipinski definition) is 4. The van der Waals surface area contributed by atoms with E-state index in [1.54, 1.807) is 11.3 Å². The van der Waals surface area contributed by atoms with E-state index < -0.39 is 0 Å². The number of aryl methyl sites for hydroxylation is 2. The van der Waals surface area contributed by atoms with Gasteiger partial charge in [-0.1, -0.05) is 0 Å². The highest BCUT2D eigenvalue weighted by molar-refractivity contribution is 7.17. The van der Waals surface area contributed by atoms with E-state index in [0.29, 0.717) is 18.0 Å². The molecule has 0 aliphatic rings. The van der Waals surface area contributed by atoms with Crippen molar-refractivity contribution in [2.24, 2.45) is 7.05 Å². The molecule has 0 bridgehead atoms. The zero-order valence-corrected chi connectivity index (χ0v) is 13.7. The lowest BCUT2D eigenvalue weighted by Crippen LogP contribution is -2.37. The molecule has 0 fully saturated rings. The van der Waals surface area contributed by atoms with Crippen LogP contribution in [-0.4, -0.2) is 22.9 Å². The first-order valence-electron chi connectivity index (χ1n) is 7.18. The average Bonchev–Trinajstić information content (AvgIpc) is 3.21. The molecule has 7 heteroatoms. The van der Waals surface area contributed by atoms with Gasteiger partial charge in [-0.2, -0.15) is 0 Å². The van der Waals surface area contributed by atoms with Crippen LogP contribution in [-0.2, 0) is 18.4 Å². The van der Waals surface area contributed by atoms with Crippen LogP contribution in [0.4, 0.5) is 0 Å². The molecule has 3 aromatic rings. The van der Waals surface area contributed by atoms with E-state index >= 15 is 0 Å². The molecule has 2 amide bonds. The number of carbonyl (C=O) groups excluding carboxylic acids is 2. The third kappa shape index (κ3) is 3.29. The summed E-state index contributed by atoms with van der Waals surface area (Å²) in [7, 11) is 1.84. The first-order valence-corrected chi connectivity index (χ1v) is 8.05. The van der Waals surface area contributed by atoms with Crippen molar-refractivity contribution >= 4 is 33.4 Å². The fourth-order valence-corrected chi connectivity index (χ4v) is 3.20. The standard InChI is InChI=1S/C16H17N3O3S/c1-10-3-4-11(22-10)8-17-15(20)9-18-16(21)13-7-14-12(19(13)2)5-6-23-14/h3-7H,8-9H2,1-2H3,(H,17,20)(H,18,21). The summed E-state index contributed by atoms with van der Waals surface area (Å²) in [5.41, 5.74) is 1.55. The molecule has 0 saturated carbocycles. The Morgan fingerprint density at radius 2 is 2.09 bits per heavy atom. The molecule has 3 rings (SSSR count). The Labute approximate surface area is 137 Å². The fourth-order valence-electron chi connectivity index (χ4n) is 2.35. The Hall–Kier alpha value is -2.54. The predicted molar refractivity (Wildman–Crippen MR) is 88.4 cm³/mol. The highest BCUT2D eigenvalue weighted by Gasteiger charge is 2.14. The zero-order valence-electron chi connectivity index (χ0n) is 12.9. The number of thiophene rings is 1. The maximum absolute atomic E-state index is 12.2. The number of nitrogens with zero attached hydrogens (tertiary/aromatic N) is 1. The SMILES string of the molecule is Cc1ccc(CNC(=O)CNC(=O)c2cc3sccc3n2C)o1. The predicted octanol–water partition coefficient (Wildman–Crippen LogP) is 2.19. The molecule has 3 heterocycles. The Balaban J connectivity index is 1.53. The van der Waals surface area contributed by atoms with Crippen LogP contribution >= 0.6 is 11.3 Å². The molecule has 0 radical (unpaired) electrons. The van der Waals surface area contributed by atoms with Gasteiger partial charge in [0.2, 0.25) is 5.91 Å². The van der Waals surface area contributed by atoms with Crippen LogP contribution in [0.15, 0.2) is 34.1 Å². The van der Waals surface area contributed by atoms with E-state index in [0.717, 1.165) is 16.0 Å². The lowest BCUT2D eigenvalue weighted by atomic mass is 10.4. The summed E-state index contributed by atoms with van der Waals surface area (Å²) in [4.78, 5) is 24.0. The molecule has 0 aromatic carbocycles. The highest BCUT2D eigenvalue weighted by atomic mass is 32.1. The van der Waals surface area contributed by atoms with E-state index in [4.69, 9.17) is 4.42 Å². The van der Waals surface area contributed by atoms with Crippen LogP contribution in [0.5, 0.6) is 0 Å². The quantitative estimate of drug-likeness (QED) is 0.752. The van der Waals surface area contributed by atoms with Gasteiger partial charge in [0, 0.05) is 7.05 Å². The van der Waals surface area contributed by atoms with Gasteiger partial charge in [0.15, 0.2) is 0 Å². The molecule has 0 atom stereocenters. The summed E-state index contributed by atoms with van der Waals surface area (Å²) < 4.78 is 8.24. The minimum atomic E-state index is -0.264. The van der Waals surface area contributed by atoms with Gasteiger partial charge in [0.1, 0.15) is 17.2 Å². The number of aromatic nitrogens is 1. The van der Waals surface area contributed by atoms with Crippen molar-refractivity contribution in [2.45, 2.75) is 13.5 Å². The third-order valence-corrected chi connectivity index (χ3v) is 4.41. The van der Waals surface area contributed by atoms with Gasteiger partial charge in [0.25, 0.3) is 5.91 Å². The van der Waals surface area contributed by atoms with Gasteiger partial charge in [-0.05, 0) is 36.6 Å². The molecule has 120 valence electrons. The number of fused-ring (bicyclic) bond motifs is 1. The van der Waals surface area contributed by atoms with Crippen LogP contribution in [0.2, 0.25) is 0 Å². The van der Waals surface area contributed by atoms with Crippen LogP contribution in [0.3, 0.4) is 0 Å². The maximum Gasteiger partial charge on any atom is 0.268 e. The highest BCUT2D eigenvalue weighted by Crippen LogP contribution is 2.23. The van der Waals surface area contributed by atoms with Gasteiger partial charge >= 0.3 is 0 Å². The van der Waals surface area contributed by atoms with Gasteiger partial charge < -0.3 is 19.6 Å². The summed E-state index contributed by atoms with van der Waals surface area (Å²) in [5, 5.41) is 7.32. The van der Waals surface area contributed by atoms with Crippen molar-refractivity contribution < 1.29 is 14.0 Å². The molecule has 3 aromatic heterocycles. The Morgan fingerprint density at radius 1 is 1.26 bits per heavy atom. The lowest BCUT2D eigenvalue weighted by molar-refractivity contribution is -0.120. The van der Waals surface area contributed by atoms with Crippen LogP contribution in [0, 0.1) is 6.92 Å². The molecular formula is C16H17N3O3S. The largest absolute Gasteiger partial charge is 0.465 e. The van der Waals surface area contributed by atoms with Crippen LogP contribution in [0.25, 0.3) is 10.2 Å². The van der Waals surface area contributed by atoms with Gasteiger partial charge in [-0.3, -0.25) is 9.59 Å². The number of rotatable bonds is 5. The van der Waals surface area contributed by atoms with Crippen molar-refractivity contribution in [3.05, 3.63) is 46.9 Å². The number of hydrogen-bond donors (Lipinski definition) is 2. The summed E-state index contributed by atoms with van der Waals surface area (Å²) in [6, 6.07) is 7.45. The van der Waals surface area contributed by atoms with Crippen LogP contribution in [0.1, 0.15) is 22.0 Å². The van der Waals surface area contributed by atoms with Gasteiger partial charge in [-0.25, -0.2) is 0 Å². The van der Waals surface area contributed by atoms with Gasteiger partial charge in [-0.15, -0.1) is 11.3 Å². The first-order chi connectivity index (χ1) is 11.0. The van der Waals surface area contributed by atoms with E-state index in [2.05, 4.69) is 10.6 Å². The normalized spacial score (nSPS) is 10.9. The summed E-state index contributed by atoms with van der Waals surface area (Å²) in [5.74, 6) is 0.958. The molecule has 0 unspecified atom stereocenters. The summed E-state index contributed by atoms with van der Waals surface area (Å²) >= 11 is 1.58. The third-order valence-electron chi connectivity index (χ3n) is 3.56. The number of amides is 2. The van der Waals surface area contributed by atoms with E-state index in [1.165, 1.54) is 0 Å². The smallest absolute Gasteiger partial charge is 0.268 e. The monoisotopic (exact) mass is 331 g/mol. The van der Waals surface area contributed by atoms with E-state index in [9.17, 15) is 9.59 Å². The average molecular weight is 331 g/mol. The van der Waals surface area contributed by atoms with Crippen molar-refractivity contribution in [3.8, 4) is 0 Å². The van der Waals surface area contributed by atoms with Crippen molar-refractivity contribution in [1.82, 2.24) is 15.2 Å².